The number of rotatable bonds is 2. The molecule has 7 heteroatoms. The molecule has 0 saturated heterocycles. The average Bonchev–Trinajstić information content (AvgIpc) is 3.32. The van der Waals surface area contributed by atoms with Crippen LogP contribution in [0.1, 0.15) is 22.6 Å². The van der Waals surface area contributed by atoms with Crippen molar-refractivity contribution in [1.82, 2.24) is 19.6 Å². The number of fused-ring (bicyclic) bond motifs is 6. The van der Waals surface area contributed by atoms with Gasteiger partial charge in [0.15, 0.2) is 11.5 Å². The van der Waals surface area contributed by atoms with Crippen molar-refractivity contribution in [3.8, 4) is 23.0 Å². The molecular weight excluding hydrogens is 479 g/mol. The van der Waals surface area contributed by atoms with Gasteiger partial charge in [-0.2, -0.15) is 0 Å². The molecule has 4 aromatic carbocycles. The second-order valence-corrected chi connectivity index (χ2v) is 9.28. The minimum atomic E-state index is -0.144. The fourth-order valence-corrected chi connectivity index (χ4v) is 5.36. The molecule has 0 N–H and O–H groups in total. The number of nitrogens with zero attached hydrogens (tertiary/aromatic N) is 4. The van der Waals surface area contributed by atoms with Crippen molar-refractivity contribution in [2.75, 3.05) is 0 Å². The molecule has 0 amide bonds. The van der Waals surface area contributed by atoms with E-state index in [1.807, 2.05) is 36.4 Å². The van der Waals surface area contributed by atoms with Crippen molar-refractivity contribution < 1.29 is 4.74 Å². The Morgan fingerprint density at radius 2 is 1.66 bits per heavy atom. The molecule has 168 valence electrons. The molecule has 0 radical (unpaired) electrons. The summed E-state index contributed by atoms with van der Waals surface area (Å²) in [5.74, 6) is 1.67. The van der Waals surface area contributed by atoms with Gasteiger partial charge in [0.05, 0.1) is 10.6 Å². The van der Waals surface area contributed by atoms with Crippen LogP contribution in [-0.2, 0) is 0 Å². The Bertz CT molecular complexity index is 1760. The van der Waals surface area contributed by atoms with Gasteiger partial charge in [-0.15, -0.1) is 5.10 Å². The van der Waals surface area contributed by atoms with Crippen molar-refractivity contribution in [1.29, 1.82) is 0 Å². The second kappa shape index (κ2) is 7.80. The van der Waals surface area contributed by atoms with Gasteiger partial charge in [-0.05, 0) is 40.6 Å². The molecule has 0 bridgehead atoms. The van der Waals surface area contributed by atoms with Crippen LogP contribution in [0.5, 0.6) is 11.6 Å². The first kappa shape index (κ1) is 20.4. The van der Waals surface area contributed by atoms with E-state index in [-0.39, 0.29) is 5.92 Å². The molecule has 0 aliphatic carbocycles. The summed E-state index contributed by atoms with van der Waals surface area (Å²) in [4.78, 5) is 9.55. The Hall–Kier alpha value is -3.93. The lowest BCUT2D eigenvalue weighted by atomic mass is 9.81. The molecule has 0 spiro atoms. The maximum atomic E-state index is 6.48. The van der Waals surface area contributed by atoms with E-state index in [0.717, 1.165) is 33.2 Å². The van der Waals surface area contributed by atoms with Crippen molar-refractivity contribution in [3.05, 3.63) is 118 Å². The topological polar surface area (TPSA) is 52.3 Å². The lowest BCUT2D eigenvalue weighted by molar-refractivity contribution is 0.433. The first-order chi connectivity index (χ1) is 17.2. The highest BCUT2D eigenvalue weighted by molar-refractivity contribution is 6.36. The van der Waals surface area contributed by atoms with E-state index in [9.17, 15) is 0 Å². The van der Waals surface area contributed by atoms with E-state index in [4.69, 9.17) is 32.9 Å². The van der Waals surface area contributed by atoms with Gasteiger partial charge in [-0.1, -0.05) is 83.9 Å². The number of hydrogen-bond donors (Lipinski definition) is 0. The SMILES string of the molecule is Clc1ccc(-c2nc3c4c(ncn3n2)Oc2ccc3ccccc3c2C4c2ccccc2)c(Cl)c1. The number of halogens is 2. The van der Waals surface area contributed by atoms with Crippen LogP contribution in [-0.4, -0.2) is 19.6 Å². The fraction of sp³-hybridized carbons (Fsp3) is 0.0357. The van der Waals surface area contributed by atoms with E-state index >= 15 is 0 Å². The summed E-state index contributed by atoms with van der Waals surface area (Å²) in [6, 6.07) is 28.1. The van der Waals surface area contributed by atoms with Crippen LogP contribution in [0.25, 0.3) is 27.8 Å². The van der Waals surface area contributed by atoms with E-state index in [1.54, 1.807) is 23.0 Å². The lowest BCUT2D eigenvalue weighted by Crippen LogP contribution is -2.15. The van der Waals surface area contributed by atoms with Crippen LogP contribution >= 0.6 is 23.2 Å². The van der Waals surface area contributed by atoms with Gasteiger partial charge in [0.2, 0.25) is 5.88 Å². The molecule has 1 aliphatic heterocycles. The number of benzene rings is 4. The number of aromatic nitrogens is 4. The normalized spacial score (nSPS) is 14.5. The Morgan fingerprint density at radius 1 is 0.829 bits per heavy atom. The van der Waals surface area contributed by atoms with E-state index in [1.165, 1.54) is 0 Å². The van der Waals surface area contributed by atoms with Crippen LogP contribution in [0.4, 0.5) is 0 Å². The summed E-state index contributed by atoms with van der Waals surface area (Å²) >= 11 is 12.6. The standard InChI is InChI=1S/C28H16Cl2N4O/c29-18-11-12-20(21(30)14-18)26-32-27-25-23(17-7-2-1-3-8-17)24-19-9-5-4-6-16(19)10-13-22(24)35-28(25)31-15-34(27)33-26/h1-15,23H. The van der Waals surface area contributed by atoms with Gasteiger partial charge in [-0.3, -0.25) is 0 Å². The second-order valence-electron chi connectivity index (χ2n) is 8.44. The largest absolute Gasteiger partial charge is 0.438 e. The molecule has 7 rings (SSSR count). The summed E-state index contributed by atoms with van der Waals surface area (Å²) in [6.45, 7) is 0. The van der Waals surface area contributed by atoms with E-state index in [0.29, 0.717) is 33.0 Å². The van der Waals surface area contributed by atoms with Gasteiger partial charge < -0.3 is 4.74 Å². The maximum Gasteiger partial charge on any atom is 0.228 e. The molecule has 6 aromatic rings. The summed E-state index contributed by atoms with van der Waals surface area (Å²) in [6.07, 6.45) is 1.63. The van der Waals surface area contributed by atoms with Crippen molar-refractivity contribution >= 4 is 39.6 Å². The summed E-state index contributed by atoms with van der Waals surface area (Å²) in [5, 5.41) is 8.01. The van der Waals surface area contributed by atoms with Gasteiger partial charge in [-0.25, -0.2) is 14.5 Å². The molecular formula is C28H16Cl2N4O. The Labute approximate surface area is 210 Å². The third-order valence-electron chi connectivity index (χ3n) is 6.41. The minimum Gasteiger partial charge on any atom is -0.438 e. The van der Waals surface area contributed by atoms with Crippen molar-refractivity contribution in [2.45, 2.75) is 5.92 Å². The molecule has 0 saturated carbocycles. The smallest absolute Gasteiger partial charge is 0.228 e. The molecule has 35 heavy (non-hydrogen) atoms. The Balaban J connectivity index is 1.53. The van der Waals surface area contributed by atoms with Crippen LogP contribution in [0.15, 0.2) is 91.3 Å². The maximum absolute atomic E-state index is 6.48. The van der Waals surface area contributed by atoms with E-state index < -0.39 is 0 Å². The molecule has 1 atom stereocenters. The molecule has 1 unspecified atom stereocenters. The zero-order chi connectivity index (χ0) is 23.5. The molecule has 0 fully saturated rings. The molecule has 5 nitrogen and oxygen atoms in total. The summed E-state index contributed by atoms with van der Waals surface area (Å²) in [5.41, 5.74) is 4.45. The highest BCUT2D eigenvalue weighted by atomic mass is 35.5. The van der Waals surface area contributed by atoms with E-state index in [2.05, 4.69) is 46.5 Å². The zero-order valence-electron chi connectivity index (χ0n) is 18.2. The fourth-order valence-electron chi connectivity index (χ4n) is 4.87. The van der Waals surface area contributed by atoms with Gasteiger partial charge >= 0.3 is 0 Å². The van der Waals surface area contributed by atoms with Gasteiger partial charge in [0.1, 0.15) is 12.1 Å². The van der Waals surface area contributed by atoms with Crippen LogP contribution in [0.3, 0.4) is 0 Å². The average molecular weight is 495 g/mol. The van der Waals surface area contributed by atoms with Crippen molar-refractivity contribution in [3.63, 3.8) is 0 Å². The summed E-state index contributed by atoms with van der Waals surface area (Å²) in [7, 11) is 0. The predicted octanol–water partition coefficient (Wildman–Crippen LogP) is 7.54. The Kier molecular flexibility index (Phi) is 4.56. The van der Waals surface area contributed by atoms with Gasteiger partial charge in [0.25, 0.3) is 0 Å². The molecule has 2 aromatic heterocycles. The molecule has 3 heterocycles. The summed E-state index contributed by atoms with van der Waals surface area (Å²) < 4.78 is 8.05. The highest BCUT2D eigenvalue weighted by Gasteiger charge is 2.34. The Morgan fingerprint density at radius 3 is 2.51 bits per heavy atom. The lowest BCUT2D eigenvalue weighted by Gasteiger charge is -2.29. The number of hydrogen-bond acceptors (Lipinski definition) is 4. The third kappa shape index (κ3) is 3.20. The predicted molar refractivity (Wildman–Crippen MR) is 138 cm³/mol. The first-order valence-electron chi connectivity index (χ1n) is 11.1. The zero-order valence-corrected chi connectivity index (χ0v) is 19.7. The van der Waals surface area contributed by atoms with Crippen molar-refractivity contribution in [2.24, 2.45) is 0 Å². The van der Waals surface area contributed by atoms with Crippen LogP contribution < -0.4 is 4.74 Å². The highest BCUT2D eigenvalue weighted by Crippen LogP contribution is 2.50. The first-order valence-corrected chi connectivity index (χ1v) is 11.9. The number of ether oxygens (including phenoxy) is 1. The molecule has 1 aliphatic rings. The minimum absolute atomic E-state index is 0.144. The van der Waals surface area contributed by atoms with Crippen LogP contribution in [0, 0.1) is 0 Å². The van der Waals surface area contributed by atoms with Crippen LogP contribution in [0.2, 0.25) is 10.0 Å². The quantitative estimate of drug-likeness (QED) is 0.249. The monoisotopic (exact) mass is 494 g/mol. The van der Waals surface area contributed by atoms with Gasteiger partial charge in [0, 0.05) is 22.1 Å². The third-order valence-corrected chi connectivity index (χ3v) is 6.95.